The molecule has 0 amide bonds. The average molecular weight is 270 g/mol. The Kier molecular flexibility index (Phi) is 7.39. The summed E-state index contributed by atoms with van der Waals surface area (Å²) in [6.45, 7) is 10.6. The van der Waals surface area contributed by atoms with E-state index in [4.69, 9.17) is 5.11 Å². The van der Waals surface area contributed by atoms with Gasteiger partial charge in [-0.1, -0.05) is 27.2 Å². The highest BCUT2D eigenvalue weighted by molar-refractivity contribution is 5.66. The summed E-state index contributed by atoms with van der Waals surface area (Å²) >= 11 is 0. The molecule has 112 valence electrons. The van der Waals surface area contributed by atoms with E-state index < -0.39 is 5.97 Å². The van der Waals surface area contributed by atoms with Gasteiger partial charge in [0.1, 0.15) is 0 Å². The van der Waals surface area contributed by atoms with Gasteiger partial charge in [-0.25, -0.2) is 0 Å². The number of likely N-dealkylation sites (tertiary alicyclic amines) is 1. The molecule has 0 aromatic rings. The van der Waals surface area contributed by atoms with E-state index in [2.05, 4.69) is 31.0 Å². The van der Waals surface area contributed by atoms with Crippen molar-refractivity contribution in [1.29, 1.82) is 0 Å². The number of rotatable bonds is 8. The number of nitrogens with one attached hydrogen (secondary N) is 1. The number of nitrogens with zero attached hydrogens (tertiary/aromatic N) is 1. The Morgan fingerprint density at radius 2 is 2.16 bits per heavy atom. The highest BCUT2D eigenvalue weighted by Gasteiger charge is 2.25. The van der Waals surface area contributed by atoms with Crippen molar-refractivity contribution in [2.24, 2.45) is 11.8 Å². The smallest absolute Gasteiger partial charge is 0.304 e. The van der Waals surface area contributed by atoms with Gasteiger partial charge in [0.2, 0.25) is 0 Å². The SMILES string of the molecule is CCC1CC(NCCC(C)C)CN(CCC(=O)O)C1. The molecule has 0 saturated carbocycles. The van der Waals surface area contributed by atoms with Gasteiger partial charge in [-0.2, -0.15) is 0 Å². The predicted octanol–water partition coefficient (Wildman–Crippen LogP) is 2.20. The summed E-state index contributed by atoms with van der Waals surface area (Å²) in [5, 5.41) is 12.4. The average Bonchev–Trinajstić information content (AvgIpc) is 2.35. The largest absolute Gasteiger partial charge is 0.481 e. The zero-order valence-corrected chi connectivity index (χ0v) is 12.7. The lowest BCUT2D eigenvalue weighted by atomic mass is 9.92. The summed E-state index contributed by atoms with van der Waals surface area (Å²) in [5.41, 5.74) is 0. The normalized spacial score (nSPS) is 24.8. The lowest BCUT2D eigenvalue weighted by Crippen LogP contribution is -2.49. The van der Waals surface area contributed by atoms with Gasteiger partial charge in [0.05, 0.1) is 6.42 Å². The summed E-state index contributed by atoms with van der Waals surface area (Å²) in [6, 6.07) is 0.534. The molecule has 2 unspecified atom stereocenters. The van der Waals surface area contributed by atoms with E-state index in [1.54, 1.807) is 0 Å². The fraction of sp³-hybridized carbons (Fsp3) is 0.933. The summed E-state index contributed by atoms with van der Waals surface area (Å²) in [4.78, 5) is 13.0. The van der Waals surface area contributed by atoms with Gasteiger partial charge in [-0.15, -0.1) is 0 Å². The minimum atomic E-state index is -0.692. The first-order valence-electron chi connectivity index (χ1n) is 7.68. The number of hydrogen-bond acceptors (Lipinski definition) is 3. The molecule has 0 radical (unpaired) electrons. The van der Waals surface area contributed by atoms with E-state index in [1.807, 2.05) is 0 Å². The third kappa shape index (κ3) is 6.92. The fourth-order valence-electron chi connectivity index (χ4n) is 2.76. The van der Waals surface area contributed by atoms with Crippen molar-refractivity contribution in [3.63, 3.8) is 0 Å². The quantitative estimate of drug-likeness (QED) is 0.710. The molecule has 1 aliphatic heterocycles. The van der Waals surface area contributed by atoms with Crippen LogP contribution in [0.5, 0.6) is 0 Å². The molecular weight excluding hydrogens is 240 g/mol. The van der Waals surface area contributed by atoms with Gasteiger partial charge in [-0.05, 0) is 31.2 Å². The topological polar surface area (TPSA) is 52.6 Å². The molecule has 0 bridgehead atoms. The molecule has 2 N–H and O–H groups in total. The number of hydrogen-bond donors (Lipinski definition) is 2. The molecule has 1 heterocycles. The molecular formula is C15H30N2O2. The second kappa shape index (κ2) is 8.54. The van der Waals surface area contributed by atoms with Crippen molar-refractivity contribution in [2.45, 2.75) is 52.5 Å². The molecule has 1 saturated heterocycles. The Bertz CT molecular complexity index is 269. The third-order valence-corrected chi connectivity index (χ3v) is 3.99. The van der Waals surface area contributed by atoms with Gasteiger partial charge >= 0.3 is 5.97 Å². The van der Waals surface area contributed by atoms with Gasteiger partial charge in [-0.3, -0.25) is 4.79 Å². The molecule has 2 atom stereocenters. The highest BCUT2D eigenvalue weighted by Crippen LogP contribution is 2.20. The number of piperidine rings is 1. The van der Waals surface area contributed by atoms with Crippen LogP contribution < -0.4 is 5.32 Å². The van der Waals surface area contributed by atoms with E-state index in [9.17, 15) is 4.79 Å². The van der Waals surface area contributed by atoms with Crippen LogP contribution in [-0.2, 0) is 4.79 Å². The fourth-order valence-corrected chi connectivity index (χ4v) is 2.76. The number of carbonyl (C=O) groups is 1. The van der Waals surface area contributed by atoms with E-state index in [0.717, 1.165) is 25.6 Å². The van der Waals surface area contributed by atoms with Crippen LogP contribution in [0, 0.1) is 11.8 Å². The zero-order valence-electron chi connectivity index (χ0n) is 12.7. The van der Waals surface area contributed by atoms with Gasteiger partial charge in [0, 0.05) is 25.7 Å². The van der Waals surface area contributed by atoms with Crippen LogP contribution >= 0.6 is 0 Å². The summed E-state index contributed by atoms with van der Waals surface area (Å²) in [5.74, 6) is 0.753. The van der Waals surface area contributed by atoms with E-state index in [0.29, 0.717) is 18.5 Å². The van der Waals surface area contributed by atoms with Gasteiger partial charge in [0.25, 0.3) is 0 Å². The molecule has 1 aliphatic rings. The van der Waals surface area contributed by atoms with Gasteiger partial charge in [0.15, 0.2) is 0 Å². The molecule has 0 aliphatic carbocycles. The molecule has 0 aromatic heterocycles. The molecule has 1 rings (SSSR count). The van der Waals surface area contributed by atoms with Crippen LogP contribution in [-0.4, -0.2) is 48.2 Å². The van der Waals surface area contributed by atoms with Crippen LogP contribution in [0.25, 0.3) is 0 Å². The molecule has 4 nitrogen and oxygen atoms in total. The maximum Gasteiger partial charge on any atom is 0.304 e. The van der Waals surface area contributed by atoms with E-state index in [-0.39, 0.29) is 6.42 Å². The van der Waals surface area contributed by atoms with Crippen LogP contribution in [0.2, 0.25) is 0 Å². The van der Waals surface area contributed by atoms with Crippen molar-refractivity contribution in [3.8, 4) is 0 Å². The molecule has 1 fully saturated rings. The van der Waals surface area contributed by atoms with E-state index in [1.165, 1.54) is 19.3 Å². The van der Waals surface area contributed by atoms with Crippen LogP contribution in [0.3, 0.4) is 0 Å². The lowest BCUT2D eigenvalue weighted by Gasteiger charge is -2.38. The summed E-state index contributed by atoms with van der Waals surface area (Å²) < 4.78 is 0. The summed E-state index contributed by atoms with van der Waals surface area (Å²) in [6.07, 6.45) is 3.89. The molecule has 0 aromatic carbocycles. The van der Waals surface area contributed by atoms with Crippen LogP contribution in [0.4, 0.5) is 0 Å². The highest BCUT2D eigenvalue weighted by atomic mass is 16.4. The van der Waals surface area contributed by atoms with Crippen molar-refractivity contribution >= 4 is 5.97 Å². The number of carboxylic acids is 1. The number of aliphatic carboxylic acids is 1. The zero-order chi connectivity index (χ0) is 14.3. The second-order valence-corrected chi connectivity index (χ2v) is 6.25. The first kappa shape index (κ1) is 16.4. The lowest BCUT2D eigenvalue weighted by molar-refractivity contribution is -0.137. The van der Waals surface area contributed by atoms with Crippen molar-refractivity contribution in [3.05, 3.63) is 0 Å². The Morgan fingerprint density at radius 1 is 1.42 bits per heavy atom. The number of carboxylic acid groups (broad SMARTS) is 1. The van der Waals surface area contributed by atoms with Crippen LogP contribution in [0.15, 0.2) is 0 Å². The Balaban J connectivity index is 2.36. The van der Waals surface area contributed by atoms with Crippen molar-refractivity contribution in [1.82, 2.24) is 10.2 Å². The maximum atomic E-state index is 10.7. The predicted molar refractivity (Wildman–Crippen MR) is 78.3 cm³/mol. The standard InChI is InChI=1S/C15H30N2O2/c1-4-13-9-14(16-7-5-12(2)3)11-17(10-13)8-6-15(18)19/h12-14,16H,4-11H2,1-3H3,(H,18,19). The first-order chi connectivity index (χ1) is 9.01. The molecule has 0 spiro atoms. The van der Waals surface area contributed by atoms with Gasteiger partial charge < -0.3 is 15.3 Å². The van der Waals surface area contributed by atoms with E-state index >= 15 is 0 Å². The molecule has 19 heavy (non-hydrogen) atoms. The second-order valence-electron chi connectivity index (χ2n) is 6.25. The third-order valence-electron chi connectivity index (χ3n) is 3.99. The van der Waals surface area contributed by atoms with Crippen LogP contribution in [0.1, 0.15) is 46.5 Å². The first-order valence-corrected chi connectivity index (χ1v) is 7.68. The van der Waals surface area contributed by atoms with Crippen molar-refractivity contribution < 1.29 is 9.90 Å². The molecule has 4 heteroatoms. The maximum absolute atomic E-state index is 10.7. The minimum Gasteiger partial charge on any atom is -0.481 e. The Hall–Kier alpha value is -0.610. The monoisotopic (exact) mass is 270 g/mol. The Labute approximate surface area is 117 Å². The summed E-state index contributed by atoms with van der Waals surface area (Å²) in [7, 11) is 0. The van der Waals surface area contributed by atoms with Crippen molar-refractivity contribution in [2.75, 3.05) is 26.2 Å². The minimum absolute atomic E-state index is 0.259. The Morgan fingerprint density at radius 3 is 2.74 bits per heavy atom.